The van der Waals surface area contributed by atoms with E-state index in [1.807, 2.05) is 36.6 Å². The van der Waals surface area contributed by atoms with Crippen LogP contribution in [0.2, 0.25) is 0 Å². The number of rotatable bonds is 10. The standard InChI is InChI=1S/C23H28N2O5S2/c1-31-16-14-20(24-32(28,29)19-11-6-3-7-12-19)22(26)25-15-8-13-21(25)23(27)30-17-18-9-4-2-5-10-18/h2-7,9-12,20-21,24H,8,13-17H2,1H3/t20-,21-/m0/s1. The van der Waals surface area contributed by atoms with Crippen LogP contribution in [0, 0.1) is 0 Å². The van der Waals surface area contributed by atoms with Gasteiger partial charge in [-0.3, -0.25) is 4.79 Å². The Balaban J connectivity index is 1.70. The summed E-state index contributed by atoms with van der Waals surface area (Å²) in [6.45, 7) is 0.529. The lowest BCUT2D eigenvalue weighted by molar-refractivity contribution is -0.155. The number of hydrogen-bond acceptors (Lipinski definition) is 6. The van der Waals surface area contributed by atoms with Gasteiger partial charge in [-0.2, -0.15) is 16.5 Å². The number of carbonyl (C=O) groups is 2. The number of benzene rings is 2. The summed E-state index contributed by atoms with van der Waals surface area (Å²) < 4.78 is 33.6. The van der Waals surface area contributed by atoms with E-state index in [1.54, 1.807) is 18.2 Å². The van der Waals surface area contributed by atoms with Crippen LogP contribution >= 0.6 is 11.8 Å². The summed E-state index contributed by atoms with van der Waals surface area (Å²) in [4.78, 5) is 27.6. The number of carbonyl (C=O) groups excluding carboxylic acids is 2. The van der Waals surface area contributed by atoms with Gasteiger partial charge in [-0.05, 0) is 49.0 Å². The molecule has 7 nitrogen and oxygen atoms in total. The van der Waals surface area contributed by atoms with E-state index in [9.17, 15) is 18.0 Å². The van der Waals surface area contributed by atoms with Gasteiger partial charge in [0.15, 0.2) is 0 Å². The highest BCUT2D eigenvalue weighted by Crippen LogP contribution is 2.22. The molecule has 3 rings (SSSR count). The van der Waals surface area contributed by atoms with Gasteiger partial charge in [0, 0.05) is 6.54 Å². The van der Waals surface area contributed by atoms with Crippen molar-refractivity contribution in [1.29, 1.82) is 0 Å². The molecule has 0 radical (unpaired) electrons. The fourth-order valence-corrected chi connectivity index (χ4v) is 5.34. The smallest absolute Gasteiger partial charge is 0.329 e. The number of ether oxygens (including phenoxy) is 1. The third kappa shape index (κ3) is 6.34. The Hall–Kier alpha value is -2.36. The van der Waals surface area contributed by atoms with Gasteiger partial charge in [0.25, 0.3) is 0 Å². The summed E-state index contributed by atoms with van der Waals surface area (Å²) in [5.41, 5.74) is 0.866. The predicted octanol–water partition coefficient (Wildman–Crippen LogP) is 2.82. The van der Waals surface area contributed by atoms with Crippen molar-refractivity contribution in [3.8, 4) is 0 Å². The third-order valence-corrected chi connectivity index (χ3v) is 7.42. The van der Waals surface area contributed by atoms with E-state index in [-0.39, 0.29) is 11.5 Å². The third-order valence-electron chi connectivity index (χ3n) is 5.29. The average molecular weight is 477 g/mol. The molecular weight excluding hydrogens is 448 g/mol. The van der Waals surface area contributed by atoms with Crippen LogP contribution in [0.4, 0.5) is 0 Å². The zero-order valence-corrected chi connectivity index (χ0v) is 19.6. The summed E-state index contributed by atoms with van der Waals surface area (Å²) in [6, 6.07) is 15.6. The normalized spacial score (nSPS) is 17.2. The Morgan fingerprint density at radius 3 is 2.44 bits per heavy atom. The second-order valence-corrected chi connectivity index (χ2v) is 10.3. The van der Waals surface area contributed by atoms with Crippen molar-refractivity contribution in [2.75, 3.05) is 18.6 Å². The van der Waals surface area contributed by atoms with Crippen molar-refractivity contribution in [3.05, 3.63) is 66.2 Å². The number of amides is 1. The quantitative estimate of drug-likeness (QED) is 0.530. The van der Waals surface area contributed by atoms with Gasteiger partial charge in [-0.25, -0.2) is 13.2 Å². The highest BCUT2D eigenvalue weighted by molar-refractivity contribution is 7.98. The second kappa shape index (κ2) is 11.5. The highest BCUT2D eigenvalue weighted by Gasteiger charge is 2.39. The maximum atomic E-state index is 13.3. The van der Waals surface area contributed by atoms with Gasteiger partial charge in [0.1, 0.15) is 18.7 Å². The molecule has 1 aliphatic heterocycles. The van der Waals surface area contributed by atoms with Crippen LogP contribution in [-0.4, -0.2) is 55.8 Å². The van der Waals surface area contributed by atoms with Crippen molar-refractivity contribution in [2.45, 2.75) is 42.8 Å². The highest BCUT2D eigenvalue weighted by atomic mass is 32.2. The van der Waals surface area contributed by atoms with E-state index in [1.165, 1.54) is 28.8 Å². The molecule has 1 aliphatic rings. The first kappa shape index (κ1) is 24.3. The van der Waals surface area contributed by atoms with Gasteiger partial charge in [0.2, 0.25) is 15.9 Å². The predicted molar refractivity (Wildman–Crippen MR) is 125 cm³/mol. The molecule has 1 N–H and O–H groups in total. The average Bonchev–Trinajstić information content (AvgIpc) is 3.31. The van der Waals surface area contributed by atoms with Crippen LogP contribution in [0.15, 0.2) is 65.6 Å². The fraction of sp³-hybridized carbons (Fsp3) is 0.391. The minimum absolute atomic E-state index is 0.0993. The lowest BCUT2D eigenvalue weighted by Gasteiger charge is -2.28. The lowest BCUT2D eigenvalue weighted by Crippen LogP contribution is -2.52. The molecule has 1 heterocycles. The number of nitrogens with zero attached hydrogens (tertiary/aromatic N) is 1. The van der Waals surface area contributed by atoms with Crippen molar-refractivity contribution in [3.63, 3.8) is 0 Å². The van der Waals surface area contributed by atoms with Crippen LogP contribution in [0.25, 0.3) is 0 Å². The zero-order chi connectivity index (χ0) is 23.0. The monoisotopic (exact) mass is 476 g/mol. The molecule has 1 amide bonds. The lowest BCUT2D eigenvalue weighted by atomic mass is 10.1. The van der Waals surface area contributed by atoms with Crippen molar-refractivity contribution in [1.82, 2.24) is 9.62 Å². The van der Waals surface area contributed by atoms with Gasteiger partial charge in [-0.1, -0.05) is 48.5 Å². The topological polar surface area (TPSA) is 92.8 Å². The van der Waals surface area contributed by atoms with E-state index in [0.717, 1.165) is 5.56 Å². The molecule has 1 fully saturated rings. The van der Waals surface area contributed by atoms with Gasteiger partial charge in [0.05, 0.1) is 4.90 Å². The Bertz CT molecular complexity index is 1000. The first-order chi connectivity index (χ1) is 15.4. The molecule has 9 heteroatoms. The van der Waals surface area contributed by atoms with Crippen molar-refractivity contribution in [2.24, 2.45) is 0 Å². The summed E-state index contributed by atoms with van der Waals surface area (Å²) in [6.07, 6.45) is 3.39. The molecule has 0 spiro atoms. The van der Waals surface area contributed by atoms with Crippen molar-refractivity contribution < 1.29 is 22.7 Å². The van der Waals surface area contributed by atoms with E-state index in [2.05, 4.69) is 4.72 Å². The van der Waals surface area contributed by atoms with Gasteiger partial charge < -0.3 is 9.64 Å². The first-order valence-electron chi connectivity index (χ1n) is 10.5. The number of nitrogens with one attached hydrogen (secondary N) is 1. The SMILES string of the molecule is CSCC[C@H](NS(=O)(=O)c1ccccc1)C(=O)N1CCC[C@H]1C(=O)OCc1ccccc1. The molecule has 0 aromatic heterocycles. The number of hydrogen-bond donors (Lipinski definition) is 1. The molecule has 2 aromatic carbocycles. The Kier molecular flexibility index (Phi) is 8.72. The molecule has 2 aromatic rings. The summed E-state index contributed by atoms with van der Waals surface area (Å²) in [7, 11) is -3.87. The second-order valence-electron chi connectivity index (χ2n) is 7.55. The summed E-state index contributed by atoms with van der Waals surface area (Å²) >= 11 is 1.53. The Labute approximate surface area is 193 Å². The number of thioether (sulfide) groups is 1. The minimum atomic E-state index is -3.87. The zero-order valence-electron chi connectivity index (χ0n) is 18.0. The van der Waals surface area contributed by atoms with Crippen LogP contribution in [0.1, 0.15) is 24.8 Å². The molecule has 0 bridgehead atoms. The Morgan fingerprint density at radius 2 is 1.78 bits per heavy atom. The first-order valence-corrected chi connectivity index (χ1v) is 13.4. The van der Waals surface area contributed by atoms with Crippen LogP contribution in [-0.2, 0) is 31.0 Å². The van der Waals surface area contributed by atoms with E-state index in [0.29, 0.717) is 31.6 Å². The molecular formula is C23H28N2O5S2. The molecule has 0 aliphatic carbocycles. The van der Waals surface area contributed by atoms with Crippen LogP contribution < -0.4 is 4.72 Å². The molecule has 0 saturated carbocycles. The molecule has 2 atom stereocenters. The fourth-order valence-electron chi connectivity index (χ4n) is 3.62. The van der Waals surface area contributed by atoms with E-state index in [4.69, 9.17) is 4.74 Å². The Morgan fingerprint density at radius 1 is 1.12 bits per heavy atom. The molecule has 0 unspecified atom stereocenters. The number of esters is 1. The van der Waals surface area contributed by atoms with E-state index < -0.39 is 34.0 Å². The van der Waals surface area contributed by atoms with Crippen molar-refractivity contribution >= 4 is 33.7 Å². The number of likely N-dealkylation sites (tertiary alicyclic amines) is 1. The van der Waals surface area contributed by atoms with Gasteiger partial charge >= 0.3 is 5.97 Å². The maximum absolute atomic E-state index is 13.3. The van der Waals surface area contributed by atoms with Gasteiger partial charge in [-0.15, -0.1) is 0 Å². The molecule has 172 valence electrons. The van der Waals surface area contributed by atoms with E-state index >= 15 is 0 Å². The minimum Gasteiger partial charge on any atom is -0.459 e. The largest absolute Gasteiger partial charge is 0.459 e. The van der Waals surface area contributed by atoms with Crippen LogP contribution in [0.3, 0.4) is 0 Å². The molecule has 32 heavy (non-hydrogen) atoms. The summed E-state index contributed by atoms with van der Waals surface area (Å²) in [5, 5.41) is 0. The van der Waals surface area contributed by atoms with Crippen LogP contribution in [0.5, 0.6) is 0 Å². The molecule has 1 saturated heterocycles. The number of sulfonamides is 1. The summed E-state index contributed by atoms with van der Waals surface area (Å²) in [5.74, 6) is -0.253. The maximum Gasteiger partial charge on any atom is 0.329 e.